The molecule has 4 aromatic rings. The van der Waals surface area contributed by atoms with Crippen molar-refractivity contribution in [2.45, 2.75) is 76.9 Å². The lowest BCUT2D eigenvalue weighted by Gasteiger charge is -2.49. The van der Waals surface area contributed by atoms with Gasteiger partial charge in [-0.15, -0.1) is 0 Å². The van der Waals surface area contributed by atoms with Crippen molar-refractivity contribution >= 4 is 5.97 Å². The molecule has 1 N–H and O–H groups in total. The Hall–Kier alpha value is -4.93. The Kier molecular flexibility index (Phi) is 11.2. The number of hydrogen-bond acceptors (Lipinski definition) is 8. The van der Waals surface area contributed by atoms with Crippen molar-refractivity contribution in [2.24, 2.45) is 0 Å². The van der Waals surface area contributed by atoms with Crippen LogP contribution in [-0.2, 0) is 30.5 Å². The highest BCUT2D eigenvalue weighted by molar-refractivity contribution is 5.72. The summed E-state index contributed by atoms with van der Waals surface area (Å²) in [5.41, 5.74) is 6.55. The van der Waals surface area contributed by atoms with E-state index in [9.17, 15) is 9.90 Å². The number of benzene rings is 4. The minimum Gasteiger partial charge on any atom is -0.493 e. The number of likely N-dealkylation sites (N-methyl/N-ethyl adjacent to an activating group) is 2. The summed E-state index contributed by atoms with van der Waals surface area (Å²) in [7, 11) is 9.26. The highest BCUT2D eigenvalue weighted by Crippen LogP contribution is 2.53. The van der Waals surface area contributed by atoms with Gasteiger partial charge in [0.15, 0.2) is 40.5 Å². The third-order valence-corrected chi connectivity index (χ3v) is 12.1. The van der Waals surface area contributed by atoms with Crippen molar-refractivity contribution in [1.29, 1.82) is 0 Å². The zero-order valence-corrected chi connectivity index (χ0v) is 33.3. The quantitative estimate of drug-likeness (QED) is 0.126. The minimum absolute atomic E-state index is 0.0743. The number of unbranched alkanes of at least 4 members (excludes halogenated alkanes) is 1. The van der Waals surface area contributed by atoms with Crippen LogP contribution in [0.2, 0.25) is 0 Å². The molecule has 0 aliphatic carbocycles. The number of carboxylic acid groups (broad SMARTS) is 1. The number of nitrogens with zero attached hydrogens (tertiary/aromatic N) is 2. The number of hydrogen-bond donors (Lipinski definition) is 1. The van der Waals surface area contributed by atoms with Gasteiger partial charge in [-0.3, -0.25) is 4.90 Å². The fourth-order valence-corrected chi connectivity index (χ4v) is 8.95. The van der Waals surface area contributed by atoms with E-state index in [4.69, 9.17) is 28.4 Å². The molecule has 4 unspecified atom stereocenters. The first-order valence-electron chi connectivity index (χ1n) is 19.6. The van der Waals surface area contributed by atoms with Gasteiger partial charge in [-0.05, 0) is 91.0 Å². The van der Waals surface area contributed by atoms with Crippen LogP contribution in [0, 0.1) is 0 Å². The molecule has 292 valence electrons. The number of carboxylic acids is 1. The Bertz CT molecular complexity index is 2030. The molecule has 8 rings (SSSR count). The van der Waals surface area contributed by atoms with Crippen molar-refractivity contribution in [3.05, 3.63) is 94.0 Å². The van der Waals surface area contributed by atoms with Crippen LogP contribution in [-0.4, -0.2) is 81.6 Å². The second-order valence-corrected chi connectivity index (χ2v) is 15.3. The Morgan fingerprint density at radius 3 is 2.27 bits per heavy atom. The van der Waals surface area contributed by atoms with Gasteiger partial charge >= 0.3 is 5.97 Å². The van der Waals surface area contributed by atoms with Gasteiger partial charge in [0, 0.05) is 43.0 Å². The highest BCUT2D eigenvalue weighted by Gasteiger charge is 2.48. The first kappa shape index (κ1) is 38.3. The third-order valence-electron chi connectivity index (χ3n) is 12.1. The maximum atomic E-state index is 12.9. The zero-order valence-electron chi connectivity index (χ0n) is 33.3. The van der Waals surface area contributed by atoms with Gasteiger partial charge in [0.05, 0.1) is 41.5 Å². The number of ether oxygens (including phenoxy) is 6. The number of fused-ring (bicyclic) bond motifs is 2. The van der Waals surface area contributed by atoms with E-state index < -0.39 is 12.0 Å². The SMILES string of the molecule is CCCCOc1c(OC)cc2c3c1Oc1cc4c(cc1OC)CC[N+](C)(C(CC)C(=O)O)C4Cc1ccc(cc1)Oc1cc(ccc1OC)CC3N(C)CC2. The summed E-state index contributed by atoms with van der Waals surface area (Å²) in [5, 5.41) is 10.6. The number of rotatable bonds is 10. The maximum absolute atomic E-state index is 12.9. The summed E-state index contributed by atoms with van der Waals surface area (Å²) in [6.45, 7) is 6.15. The van der Waals surface area contributed by atoms with Gasteiger partial charge < -0.3 is 38.0 Å². The molecule has 0 aromatic heterocycles. The lowest BCUT2D eigenvalue weighted by atomic mass is 9.84. The van der Waals surface area contributed by atoms with Crippen molar-refractivity contribution in [2.75, 3.05) is 55.1 Å². The van der Waals surface area contributed by atoms with E-state index >= 15 is 0 Å². The predicted octanol–water partition coefficient (Wildman–Crippen LogP) is 8.71. The van der Waals surface area contributed by atoms with E-state index in [1.165, 1.54) is 0 Å². The molecule has 10 nitrogen and oxygen atoms in total. The molecule has 10 heteroatoms. The summed E-state index contributed by atoms with van der Waals surface area (Å²) in [6, 6.07) is 19.7. The molecule has 0 amide bonds. The molecule has 4 aliphatic rings. The Balaban J connectivity index is 1.50. The summed E-state index contributed by atoms with van der Waals surface area (Å²) >= 11 is 0. The van der Waals surface area contributed by atoms with Crippen LogP contribution in [0.3, 0.4) is 0 Å². The summed E-state index contributed by atoms with van der Waals surface area (Å²) in [5.74, 6) is 4.17. The summed E-state index contributed by atoms with van der Waals surface area (Å²) in [6.07, 6.45) is 5.17. The normalized spacial score (nSPS) is 20.9. The fourth-order valence-electron chi connectivity index (χ4n) is 8.95. The smallest absolute Gasteiger partial charge is 0.362 e. The van der Waals surface area contributed by atoms with Crippen molar-refractivity contribution in [1.82, 2.24) is 4.90 Å². The minimum atomic E-state index is -0.787. The number of aliphatic carboxylic acids is 1. The molecular formula is C45H55N2O8+. The molecule has 0 radical (unpaired) electrons. The van der Waals surface area contributed by atoms with Crippen LogP contribution in [0.5, 0.6) is 46.0 Å². The van der Waals surface area contributed by atoms with Crippen molar-refractivity contribution in [3.8, 4) is 46.0 Å². The van der Waals surface area contributed by atoms with E-state index in [-0.39, 0.29) is 12.1 Å². The standard InChI is InChI=1S/C45H54N2O8/c1-8-10-21-53-43-41(52-7)26-31-17-19-46(3)34-22-29-13-16-37(50-5)39(24-29)54-32-14-11-28(12-15-32)23-36-33-27-40(55-44(43)42(31)34)38(51-6)25-30(33)18-20-47(36,4)35(9-2)45(48)49/h11-16,24-27,34-36H,8-10,17-23H2,1-7H3/p+1. The predicted molar refractivity (Wildman–Crippen MR) is 212 cm³/mol. The number of methoxy groups -OCH3 is 3. The molecular weight excluding hydrogens is 697 g/mol. The summed E-state index contributed by atoms with van der Waals surface area (Å²) < 4.78 is 38.6. The first-order valence-corrected chi connectivity index (χ1v) is 19.6. The zero-order chi connectivity index (χ0) is 38.9. The van der Waals surface area contributed by atoms with Crippen molar-refractivity contribution in [3.63, 3.8) is 0 Å². The molecule has 4 aliphatic heterocycles. The van der Waals surface area contributed by atoms with Crippen molar-refractivity contribution < 1.29 is 42.8 Å². The Morgan fingerprint density at radius 2 is 1.58 bits per heavy atom. The summed E-state index contributed by atoms with van der Waals surface area (Å²) in [4.78, 5) is 15.3. The third kappa shape index (κ3) is 7.30. The van der Waals surface area contributed by atoms with Crippen LogP contribution in [0.4, 0.5) is 0 Å². The molecule has 55 heavy (non-hydrogen) atoms. The van der Waals surface area contributed by atoms with Gasteiger partial charge in [0.1, 0.15) is 11.8 Å². The monoisotopic (exact) mass is 751 g/mol. The van der Waals surface area contributed by atoms with E-state index in [2.05, 4.69) is 68.4 Å². The van der Waals surface area contributed by atoms with Gasteiger partial charge in [0.25, 0.3) is 0 Å². The largest absolute Gasteiger partial charge is 0.493 e. The van der Waals surface area contributed by atoms with Crippen LogP contribution < -0.4 is 28.4 Å². The van der Waals surface area contributed by atoms with E-state index in [0.29, 0.717) is 89.3 Å². The molecule has 4 heterocycles. The van der Waals surface area contributed by atoms with E-state index in [1.54, 1.807) is 21.3 Å². The number of quaternary nitrogens is 1. The van der Waals surface area contributed by atoms with Gasteiger partial charge in [0.2, 0.25) is 5.75 Å². The molecule has 4 atom stereocenters. The lowest BCUT2D eigenvalue weighted by molar-refractivity contribution is -0.956. The Morgan fingerprint density at radius 1 is 0.873 bits per heavy atom. The van der Waals surface area contributed by atoms with Gasteiger partial charge in [-0.1, -0.05) is 38.5 Å². The first-order chi connectivity index (χ1) is 26.6. The average molecular weight is 752 g/mol. The fraction of sp³-hybridized carbons (Fsp3) is 0.444. The average Bonchev–Trinajstić information content (AvgIpc) is 3.18. The van der Waals surface area contributed by atoms with Crippen LogP contribution >= 0.6 is 0 Å². The molecule has 6 bridgehead atoms. The number of carbonyl (C=O) groups is 1. The van der Waals surface area contributed by atoms with Crippen LogP contribution in [0.15, 0.2) is 60.7 Å². The molecule has 0 fully saturated rings. The molecule has 0 saturated carbocycles. The second kappa shape index (κ2) is 16.0. The second-order valence-electron chi connectivity index (χ2n) is 15.3. The van der Waals surface area contributed by atoms with E-state index in [0.717, 1.165) is 59.2 Å². The topological polar surface area (TPSA) is 95.9 Å². The Labute approximate surface area is 325 Å². The molecule has 0 saturated heterocycles. The van der Waals surface area contributed by atoms with Crippen LogP contribution in [0.25, 0.3) is 0 Å². The van der Waals surface area contributed by atoms with Crippen LogP contribution in [0.1, 0.15) is 78.6 Å². The van der Waals surface area contributed by atoms with E-state index in [1.807, 2.05) is 25.1 Å². The van der Waals surface area contributed by atoms with Gasteiger partial charge in [-0.25, -0.2) is 4.79 Å². The maximum Gasteiger partial charge on any atom is 0.362 e. The highest BCUT2D eigenvalue weighted by atomic mass is 16.6. The molecule has 4 aromatic carbocycles. The van der Waals surface area contributed by atoms with Gasteiger partial charge in [-0.2, -0.15) is 0 Å². The lowest BCUT2D eigenvalue weighted by Crippen LogP contribution is -2.60. The molecule has 0 spiro atoms.